The van der Waals surface area contributed by atoms with Crippen molar-refractivity contribution in [1.82, 2.24) is 0 Å². The zero-order valence-corrected chi connectivity index (χ0v) is 17.6. The highest BCUT2D eigenvalue weighted by molar-refractivity contribution is 5.33. The molecule has 1 unspecified atom stereocenters. The van der Waals surface area contributed by atoms with Gasteiger partial charge in [-0.2, -0.15) is 0 Å². The average Bonchev–Trinajstić information content (AvgIpc) is 3.14. The van der Waals surface area contributed by atoms with Crippen molar-refractivity contribution in [3.63, 3.8) is 0 Å². The van der Waals surface area contributed by atoms with Gasteiger partial charge in [0, 0.05) is 0 Å². The SMILES string of the molecule is C=C(CCc1ccc(CC)c(CC)c1)C[C@H]1CCCC1c1cccc(C)c1. The summed E-state index contributed by atoms with van der Waals surface area (Å²) < 4.78 is 0. The first-order chi connectivity index (χ1) is 13.1. The van der Waals surface area contributed by atoms with Crippen LogP contribution in [0.5, 0.6) is 0 Å². The summed E-state index contributed by atoms with van der Waals surface area (Å²) >= 11 is 0. The minimum atomic E-state index is 0.734. The van der Waals surface area contributed by atoms with Crippen molar-refractivity contribution in [2.75, 3.05) is 0 Å². The Hall–Kier alpha value is -1.82. The Labute approximate surface area is 166 Å². The molecule has 1 fully saturated rings. The van der Waals surface area contributed by atoms with Crippen LogP contribution in [-0.4, -0.2) is 0 Å². The Balaban J connectivity index is 1.57. The van der Waals surface area contributed by atoms with Crippen LogP contribution >= 0.6 is 0 Å². The average molecular weight is 361 g/mol. The van der Waals surface area contributed by atoms with Gasteiger partial charge in [0.05, 0.1) is 0 Å². The Morgan fingerprint density at radius 1 is 1.00 bits per heavy atom. The van der Waals surface area contributed by atoms with Crippen molar-refractivity contribution in [1.29, 1.82) is 0 Å². The summed E-state index contributed by atoms with van der Waals surface area (Å²) in [6.07, 6.45) is 9.82. The van der Waals surface area contributed by atoms with E-state index in [1.165, 1.54) is 53.5 Å². The molecule has 2 aromatic rings. The van der Waals surface area contributed by atoms with E-state index in [0.717, 1.165) is 37.5 Å². The first-order valence-electron chi connectivity index (χ1n) is 10.9. The van der Waals surface area contributed by atoms with Gasteiger partial charge in [-0.3, -0.25) is 0 Å². The minimum Gasteiger partial charge on any atom is -0.0998 e. The lowest BCUT2D eigenvalue weighted by atomic mass is 9.83. The largest absolute Gasteiger partial charge is 0.0998 e. The number of benzene rings is 2. The van der Waals surface area contributed by atoms with E-state index in [9.17, 15) is 0 Å². The zero-order valence-electron chi connectivity index (χ0n) is 17.6. The first kappa shape index (κ1) is 19.9. The molecule has 1 aliphatic rings. The lowest BCUT2D eigenvalue weighted by Crippen LogP contribution is -2.08. The van der Waals surface area contributed by atoms with Crippen LogP contribution in [-0.2, 0) is 19.3 Å². The molecule has 0 radical (unpaired) electrons. The Morgan fingerprint density at radius 2 is 1.81 bits per heavy atom. The third-order valence-corrected chi connectivity index (χ3v) is 6.48. The molecule has 0 amide bonds. The van der Waals surface area contributed by atoms with Gasteiger partial charge in [0.2, 0.25) is 0 Å². The van der Waals surface area contributed by atoms with Crippen molar-refractivity contribution in [3.8, 4) is 0 Å². The van der Waals surface area contributed by atoms with Crippen LogP contribution in [0.4, 0.5) is 0 Å². The van der Waals surface area contributed by atoms with Gasteiger partial charge in [-0.15, -0.1) is 0 Å². The van der Waals surface area contributed by atoms with Gasteiger partial charge in [0.15, 0.2) is 0 Å². The highest BCUT2D eigenvalue weighted by Crippen LogP contribution is 2.43. The molecule has 0 aliphatic heterocycles. The molecule has 0 spiro atoms. The highest BCUT2D eigenvalue weighted by Gasteiger charge is 2.28. The highest BCUT2D eigenvalue weighted by atomic mass is 14.3. The second-order valence-electron chi connectivity index (χ2n) is 8.48. The van der Waals surface area contributed by atoms with Gasteiger partial charge in [0.25, 0.3) is 0 Å². The predicted molar refractivity (Wildman–Crippen MR) is 119 cm³/mol. The summed E-state index contributed by atoms with van der Waals surface area (Å²) in [5.74, 6) is 1.52. The molecule has 144 valence electrons. The van der Waals surface area contributed by atoms with Crippen molar-refractivity contribution < 1.29 is 0 Å². The van der Waals surface area contributed by atoms with E-state index in [-0.39, 0.29) is 0 Å². The van der Waals surface area contributed by atoms with Crippen LogP contribution in [0.3, 0.4) is 0 Å². The van der Waals surface area contributed by atoms with E-state index < -0.39 is 0 Å². The van der Waals surface area contributed by atoms with Gasteiger partial charge in [0.1, 0.15) is 0 Å². The number of aryl methyl sites for hydroxylation is 4. The molecule has 2 aromatic carbocycles. The lowest BCUT2D eigenvalue weighted by Gasteiger charge is -2.21. The van der Waals surface area contributed by atoms with E-state index in [2.05, 4.69) is 69.8 Å². The molecule has 0 heterocycles. The molecule has 0 saturated heterocycles. The van der Waals surface area contributed by atoms with Gasteiger partial charge in [-0.05, 0) is 86.0 Å². The summed E-state index contributed by atoms with van der Waals surface area (Å²) in [7, 11) is 0. The Morgan fingerprint density at radius 3 is 2.56 bits per heavy atom. The summed E-state index contributed by atoms with van der Waals surface area (Å²) in [6.45, 7) is 11.2. The zero-order chi connectivity index (χ0) is 19.2. The van der Waals surface area contributed by atoms with Gasteiger partial charge < -0.3 is 0 Å². The maximum absolute atomic E-state index is 4.46. The van der Waals surface area contributed by atoms with E-state index in [0.29, 0.717) is 0 Å². The van der Waals surface area contributed by atoms with E-state index in [1.807, 2.05) is 0 Å². The molecule has 0 heteroatoms. The second-order valence-corrected chi connectivity index (χ2v) is 8.48. The molecule has 2 atom stereocenters. The molecule has 1 saturated carbocycles. The number of hydrogen-bond acceptors (Lipinski definition) is 0. The quantitative estimate of drug-likeness (QED) is 0.425. The third-order valence-electron chi connectivity index (χ3n) is 6.48. The van der Waals surface area contributed by atoms with Crippen LogP contribution < -0.4 is 0 Å². The maximum atomic E-state index is 4.46. The fourth-order valence-electron chi connectivity index (χ4n) is 4.92. The standard InChI is InChI=1S/C27H36/c1-5-23-16-15-22(19-24(23)6-2)14-13-21(4)18-26-11-8-12-27(26)25-10-7-9-20(3)17-25/h7,9-10,15-17,19,26-27H,4-6,8,11-14,18H2,1-3H3/t26-,27?/m1/s1. The van der Waals surface area contributed by atoms with E-state index in [4.69, 9.17) is 0 Å². The lowest BCUT2D eigenvalue weighted by molar-refractivity contribution is 0.474. The van der Waals surface area contributed by atoms with Crippen LogP contribution in [0.25, 0.3) is 0 Å². The van der Waals surface area contributed by atoms with Crippen molar-refractivity contribution in [3.05, 3.63) is 82.4 Å². The van der Waals surface area contributed by atoms with Gasteiger partial charge in [-0.1, -0.05) is 80.4 Å². The van der Waals surface area contributed by atoms with Crippen molar-refractivity contribution in [2.24, 2.45) is 5.92 Å². The summed E-state index contributed by atoms with van der Waals surface area (Å²) in [4.78, 5) is 0. The fraction of sp³-hybridized carbons (Fsp3) is 0.481. The third kappa shape index (κ3) is 5.12. The van der Waals surface area contributed by atoms with Crippen LogP contribution in [0.1, 0.15) is 79.7 Å². The number of hydrogen-bond donors (Lipinski definition) is 0. The Kier molecular flexibility index (Phi) is 6.94. The van der Waals surface area contributed by atoms with Crippen LogP contribution in [0.15, 0.2) is 54.6 Å². The molecule has 0 aromatic heterocycles. The summed E-state index contributed by atoms with van der Waals surface area (Å²) in [6, 6.07) is 16.3. The molecule has 0 bridgehead atoms. The Bertz CT molecular complexity index is 767. The smallest absolute Gasteiger partial charge is 0.0130 e. The van der Waals surface area contributed by atoms with E-state index >= 15 is 0 Å². The summed E-state index contributed by atoms with van der Waals surface area (Å²) in [5.41, 5.74) is 8.89. The number of allylic oxidation sites excluding steroid dienone is 1. The predicted octanol–water partition coefficient (Wildman–Crippen LogP) is 7.58. The molecule has 3 rings (SSSR count). The molecule has 1 aliphatic carbocycles. The maximum Gasteiger partial charge on any atom is -0.0130 e. The van der Waals surface area contributed by atoms with Crippen molar-refractivity contribution in [2.45, 2.75) is 78.1 Å². The molecular weight excluding hydrogens is 324 g/mol. The van der Waals surface area contributed by atoms with Gasteiger partial charge in [-0.25, -0.2) is 0 Å². The number of rotatable bonds is 8. The minimum absolute atomic E-state index is 0.734. The second kappa shape index (κ2) is 9.40. The molecular formula is C27H36. The van der Waals surface area contributed by atoms with Crippen molar-refractivity contribution >= 4 is 0 Å². The monoisotopic (exact) mass is 360 g/mol. The molecule has 0 nitrogen and oxygen atoms in total. The molecule has 0 N–H and O–H groups in total. The van der Waals surface area contributed by atoms with Crippen LogP contribution in [0, 0.1) is 12.8 Å². The molecule has 27 heavy (non-hydrogen) atoms. The summed E-state index contributed by atoms with van der Waals surface area (Å²) in [5, 5.41) is 0. The van der Waals surface area contributed by atoms with E-state index in [1.54, 1.807) is 5.56 Å². The first-order valence-corrected chi connectivity index (χ1v) is 10.9. The van der Waals surface area contributed by atoms with Crippen LogP contribution in [0.2, 0.25) is 0 Å². The topological polar surface area (TPSA) is 0 Å². The van der Waals surface area contributed by atoms with Gasteiger partial charge >= 0.3 is 0 Å². The normalized spacial score (nSPS) is 19.4. The fourth-order valence-corrected chi connectivity index (χ4v) is 4.92.